The van der Waals surface area contributed by atoms with Gasteiger partial charge in [-0.15, -0.1) is 0 Å². The molecule has 0 radical (unpaired) electrons. The number of piperidine rings is 2. The SMILES string of the molecule is O=C(O)C1CC2CCCC(C1)N2C(=O)c1cc2n(n1)CCN(SCCc1ccc(C(F)(F)F)cc1)C2. The molecule has 4 heterocycles. The number of nitrogens with zero attached hydrogens (tertiary/aromatic N) is 4. The summed E-state index contributed by atoms with van der Waals surface area (Å²) in [6.45, 7) is 2.05. The number of carboxylic acid groups (broad SMARTS) is 1. The van der Waals surface area contributed by atoms with Crippen molar-refractivity contribution in [3.8, 4) is 0 Å². The average Bonchev–Trinajstić information content (AvgIpc) is 3.26. The molecule has 11 heteroatoms. The van der Waals surface area contributed by atoms with Crippen LogP contribution in [0.3, 0.4) is 0 Å². The molecule has 5 rings (SSSR count). The zero-order chi connectivity index (χ0) is 25.4. The van der Waals surface area contributed by atoms with Gasteiger partial charge >= 0.3 is 12.1 Å². The Morgan fingerprint density at radius 3 is 2.42 bits per heavy atom. The quantitative estimate of drug-likeness (QED) is 0.565. The summed E-state index contributed by atoms with van der Waals surface area (Å²) in [5.74, 6) is -0.510. The predicted molar refractivity (Wildman–Crippen MR) is 128 cm³/mol. The zero-order valence-corrected chi connectivity index (χ0v) is 20.6. The number of aliphatic carboxylic acids is 1. The summed E-state index contributed by atoms with van der Waals surface area (Å²) in [5, 5.41) is 14.0. The molecular weight excluding hydrogens is 493 g/mol. The molecule has 1 amide bonds. The molecule has 194 valence electrons. The number of carboxylic acids is 1. The molecule has 1 aromatic carbocycles. The van der Waals surface area contributed by atoms with Gasteiger partial charge in [0, 0.05) is 24.4 Å². The molecular formula is C25H29F3N4O3S. The molecule has 2 aromatic rings. The smallest absolute Gasteiger partial charge is 0.416 e. The first-order valence-corrected chi connectivity index (χ1v) is 13.3. The molecule has 2 fully saturated rings. The molecule has 0 aliphatic carbocycles. The first-order chi connectivity index (χ1) is 17.2. The highest BCUT2D eigenvalue weighted by atomic mass is 32.2. The van der Waals surface area contributed by atoms with Gasteiger partial charge in [-0.1, -0.05) is 24.1 Å². The number of benzene rings is 1. The van der Waals surface area contributed by atoms with E-state index in [9.17, 15) is 27.9 Å². The molecule has 2 atom stereocenters. The highest BCUT2D eigenvalue weighted by molar-refractivity contribution is 7.96. The third-order valence-electron chi connectivity index (χ3n) is 7.49. The van der Waals surface area contributed by atoms with E-state index < -0.39 is 17.7 Å². The van der Waals surface area contributed by atoms with Crippen LogP contribution in [0, 0.1) is 5.92 Å². The minimum absolute atomic E-state index is 0.0397. The van der Waals surface area contributed by atoms with Gasteiger partial charge in [-0.2, -0.15) is 18.3 Å². The van der Waals surface area contributed by atoms with Crippen molar-refractivity contribution in [1.82, 2.24) is 19.0 Å². The maximum absolute atomic E-state index is 13.4. The fourth-order valence-electron chi connectivity index (χ4n) is 5.66. The van der Waals surface area contributed by atoms with E-state index in [4.69, 9.17) is 0 Å². The average molecular weight is 523 g/mol. The molecule has 3 aliphatic heterocycles. The number of aromatic nitrogens is 2. The molecule has 2 saturated heterocycles. The third kappa shape index (κ3) is 5.27. The van der Waals surface area contributed by atoms with Gasteiger partial charge in [0.1, 0.15) is 0 Å². The molecule has 2 unspecified atom stereocenters. The van der Waals surface area contributed by atoms with Crippen LogP contribution in [0.4, 0.5) is 13.2 Å². The van der Waals surface area contributed by atoms with Crippen molar-refractivity contribution >= 4 is 23.8 Å². The second-order valence-electron chi connectivity index (χ2n) is 9.84. The van der Waals surface area contributed by atoms with Crippen LogP contribution >= 0.6 is 11.9 Å². The van der Waals surface area contributed by atoms with Crippen molar-refractivity contribution in [1.29, 1.82) is 0 Å². The number of halogens is 3. The lowest BCUT2D eigenvalue weighted by molar-refractivity contribution is -0.145. The maximum Gasteiger partial charge on any atom is 0.416 e. The van der Waals surface area contributed by atoms with Crippen molar-refractivity contribution in [2.45, 2.75) is 69.9 Å². The normalized spacial score (nSPS) is 24.4. The number of alkyl halides is 3. The van der Waals surface area contributed by atoms with Gasteiger partial charge in [0.2, 0.25) is 0 Å². The predicted octanol–water partition coefficient (Wildman–Crippen LogP) is 4.47. The van der Waals surface area contributed by atoms with Crippen molar-refractivity contribution in [3.05, 3.63) is 52.8 Å². The summed E-state index contributed by atoms with van der Waals surface area (Å²) in [6.07, 6.45) is 0.0496. The number of hydrogen-bond acceptors (Lipinski definition) is 5. The third-order valence-corrected chi connectivity index (χ3v) is 8.55. The largest absolute Gasteiger partial charge is 0.481 e. The Bertz CT molecular complexity index is 1110. The number of carbonyl (C=O) groups excluding carboxylic acids is 1. The van der Waals surface area contributed by atoms with Gasteiger partial charge in [0.05, 0.1) is 30.3 Å². The Kier molecular flexibility index (Phi) is 7.04. The first kappa shape index (κ1) is 25.1. The topological polar surface area (TPSA) is 78.7 Å². The fraction of sp³-hybridized carbons (Fsp3) is 0.560. The van der Waals surface area contributed by atoms with E-state index >= 15 is 0 Å². The highest BCUT2D eigenvalue weighted by Gasteiger charge is 2.44. The molecule has 3 aliphatic rings. The van der Waals surface area contributed by atoms with Gasteiger partial charge in [-0.3, -0.25) is 14.3 Å². The lowest BCUT2D eigenvalue weighted by Crippen LogP contribution is -2.55. The number of hydrogen-bond donors (Lipinski definition) is 1. The zero-order valence-electron chi connectivity index (χ0n) is 19.8. The number of carbonyl (C=O) groups is 2. The minimum Gasteiger partial charge on any atom is -0.481 e. The molecule has 0 spiro atoms. The van der Waals surface area contributed by atoms with E-state index in [0.29, 0.717) is 38.0 Å². The second-order valence-corrected chi connectivity index (χ2v) is 11.0. The molecule has 1 N–H and O–H groups in total. The Balaban J connectivity index is 1.17. The van der Waals surface area contributed by atoms with E-state index in [1.165, 1.54) is 12.1 Å². The maximum atomic E-state index is 13.4. The van der Waals surface area contributed by atoms with Crippen LogP contribution in [0.5, 0.6) is 0 Å². The van der Waals surface area contributed by atoms with Crippen LogP contribution in [-0.4, -0.2) is 60.3 Å². The Hall–Kier alpha value is -2.53. The monoisotopic (exact) mass is 522 g/mol. The summed E-state index contributed by atoms with van der Waals surface area (Å²) in [5.41, 5.74) is 1.61. The van der Waals surface area contributed by atoms with Crippen molar-refractivity contribution in [3.63, 3.8) is 0 Å². The van der Waals surface area contributed by atoms with E-state index in [2.05, 4.69) is 9.40 Å². The van der Waals surface area contributed by atoms with Crippen LogP contribution < -0.4 is 0 Å². The Morgan fingerprint density at radius 2 is 1.78 bits per heavy atom. The Labute approximate surface area is 211 Å². The second kappa shape index (κ2) is 10.1. The standard InChI is InChI=1S/C25H29F3N4O3S/c26-25(27,28)18-6-4-16(5-7-18)8-11-36-30-9-10-31-21(15-30)14-22(29-31)23(33)32-19-2-1-3-20(32)13-17(12-19)24(34)35/h4-7,14,17,19-20H,1-3,8-13,15H2,(H,34,35). The summed E-state index contributed by atoms with van der Waals surface area (Å²) in [6, 6.07) is 7.07. The van der Waals surface area contributed by atoms with Crippen molar-refractivity contribution in [2.75, 3.05) is 12.3 Å². The van der Waals surface area contributed by atoms with Gasteiger partial charge in [0.15, 0.2) is 5.69 Å². The van der Waals surface area contributed by atoms with Crippen LogP contribution in [0.25, 0.3) is 0 Å². The van der Waals surface area contributed by atoms with Gasteiger partial charge < -0.3 is 10.0 Å². The molecule has 36 heavy (non-hydrogen) atoms. The van der Waals surface area contributed by atoms with Crippen molar-refractivity contribution in [2.24, 2.45) is 5.92 Å². The summed E-state index contributed by atoms with van der Waals surface area (Å²) in [7, 11) is 0. The molecule has 2 bridgehead atoms. The molecule has 1 aromatic heterocycles. The Morgan fingerprint density at radius 1 is 1.08 bits per heavy atom. The summed E-state index contributed by atoms with van der Waals surface area (Å²) >= 11 is 1.65. The first-order valence-electron chi connectivity index (χ1n) is 12.3. The van der Waals surface area contributed by atoms with Crippen LogP contribution in [0.15, 0.2) is 30.3 Å². The van der Waals surface area contributed by atoms with E-state index in [1.54, 1.807) is 11.9 Å². The van der Waals surface area contributed by atoms with E-state index in [-0.39, 0.29) is 23.9 Å². The molecule has 0 saturated carbocycles. The minimum atomic E-state index is -4.32. The highest BCUT2D eigenvalue weighted by Crippen LogP contribution is 2.38. The van der Waals surface area contributed by atoms with E-state index in [1.807, 2.05) is 15.6 Å². The van der Waals surface area contributed by atoms with Gasteiger partial charge in [-0.25, -0.2) is 4.31 Å². The van der Waals surface area contributed by atoms with Crippen LogP contribution in [0.2, 0.25) is 0 Å². The van der Waals surface area contributed by atoms with Gasteiger partial charge in [0.25, 0.3) is 5.91 Å². The number of rotatable bonds is 6. The summed E-state index contributed by atoms with van der Waals surface area (Å²) < 4.78 is 42.3. The van der Waals surface area contributed by atoms with Crippen LogP contribution in [-0.2, 0) is 30.5 Å². The lowest BCUT2D eigenvalue weighted by atomic mass is 9.78. The fourth-order valence-corrected chi connectivity index (χ4v) is 6.68. The van der Waals surface area contributed by atoms with Gasteiger partial charge in [-0.05, 0) is 62.3 Å². The van der Waals surface area contributed by atoms with E-state index in [0.717, 1.165) is 55.0 Å². The molecule has 7 nitrogen and oxygen atoms in total. The number of aryl methyl sites for hydroxylation is 1. The van der Waals surface area contributed by atoms with Crippen LogP contribution in [0.1, 0.15) is 59.4 Å². The number of amides is 1. The lowest BCUT2D eigenvalue weighted by Gasteiger charge is -2.47. The number of fused-ring (bicyclic) bond motifs is 3. The van der Waals surface area contributed by atoms with Crippen molar-refractivity contribution < 1.29 is 27.9 Å². The summed E-state index contributed by atoms with van der Waals surface area (Å²) in [4.78, 5) is 26.8.